The second kappa shape index (κ2) is 5.14. The molecule has 0 spiro atoms. The normalized spacial score (nSPS) is 13.6. The molecule has 1 aromatic rings. The predicted octanol–water partition coefficient (Wildman–Crippen LogP) is 0.229. The van der Waals surface area contributed by atoms with Crippen molar-refractivity contribution < 1.29 is 9.53 Å². The molecule has 1 aliphatic heterocycles. The first-order valence-corrected chi connectivity index (χ1v) is 4.76. The molecule has 0 bridgehead atoms. The van der Waals surface area contributed by atoms with Gasteiger partial charge >= 0.3 is 5.97 Å². The fraction of sp³-hybridized carbons (Fsp3) is 0.400. The maximum Gasteiger partial charge on any atom is 0.339 e. The van der Waals surface area contributed by atoms with E-state index in [4.69, 9.17) is 0 Å². The van der Waals surface area contributed by atoms with Crippen molar-refractivity contribution in [2.75, 3.05) is 13.7 Å². The molecule has 0 atom stereocenters. The standard InChI is InChI=1S/C10H12N2O3.ClH/c1-15-10(14)8-5-12-9(13)6-2-3-11-4-7(6)8;/h5,11H,2-4H2,1H3,(H,12,13);1H. The number of carbonyl (C=O) groups is 1. The molecule has 88 valence electrons. The molecule has 0 radical (unpaired) electrons. The van der Waals surface area contributed by atoms with E-state index in [1.54, 1.807) is 0 Å². The van der Waals surface area contributed by atoms with Gasteiger partial charge < -0.3 is 15.0 Å². The van der Waals surface area contributed by atoms with E-state index < -0.39 is 5.97 Å². The Morgan fingerprint density at radius 3 is 2.88 bits per heavy atom. The second-order valence-corrected chi connectivity index (χ2v) is 3.41. The summed E-state index contributed by atoms with van der Waals surface area (Å²) in [5.41, 5.74) is 1.78. The van der Waals surface area contributed by atoms with E-state index in [0.29, 0.717) is 24.1 Å². The van der Waals surface area contributed by atoms with Crippen molar-refractivity contribution in [2.24, 2.45) is 0 Å². The van der Waals surface area contributed by atoms with Crippen molar-refractivity contribution in [3.63, 3.8) is 0 Å². The molecule has 0 aromatic carbocycles. The highest BCUT2D eigenvalue weighted by Crippen LogP contribution is 2.14. The fourth-order valence-electron chi connectivity index (χ4n) is 1.80. The van der Waals surface area contributed by atoms with Gasteiger partial charge in [-0.25, -0.2) is 4.79 Å². The van der Waals surface area contributed by atoms with Gasteiger partial charge in [0.2, 0.25) is 0 Å². The summed E-state index contributed by atoms with van der Waals surface area (Å²) in [7, 11) is 1.33. The summed E-state index contributed by atoms with van der Waals surface area (Å²) in [6, 6.07) is 0. The number of carbonyl (C=O) groups excluding carboxylic acids is 1. The smallest absolute Gasteiger partial charge is 0.339 e. The third-order valence-corrected chi connectivity index (χ3v) is 2.57. The van der Waals surface area contributed by atoms with Crippen LogP contribution >= 0.6 is 12.4 Å². The van der Waals surface area contributed by atoms with E-state index in [1.165, 1.54) is 13.3 Å². The van der Waals surface area contributed by atoms with Crippen LogP contribution in [0.4, 0.5) is 0 Å². The Hall–Kier alpha value is -1.33. The van der Waals surface area contributed by atoms with Crippen molar-refractivity contribution in [1.29, 1.82) is 0 Å². The summed E-state index contributed by atoms with van der Waals surface area (Å²) >= 11 is 0. The second-order valence-electron chi connectivity index (χ2n) is 3.41. The van der Waals surface area contributed by atoms with Crippen LogP contribution in [-0.2, 0) is 17.7 Å². The Morgan fingerprint density at radius 2 is 2.19 bits per heavy atom. The molecule has 1 aliphatic rings. The lowest BCUT2D eigenvalue weighted by Crippen LogP contribution is -2.31. The van der Waals surface area contributed by atoms with Gasteiger partial charge in [0.1, 0.15) is 0 Å². The maximum absolute atomic E-state index is 11.5. The van der Waals surface area contributed by atoms with E-state index in [-0.39, 0.29) is 18.0 Å². The van der Waals surface area contributed by atoms with Gasteiger partial charge in [-0.3, -0.25) is 4.79 Å². The van der Waals surface area contributed by atoms with Gasteiger partial charge in [0.05, 0.1) is 12.7 Å². The molecule has 0 saturated heterocycles. The summed E-state index contributed by atoms with van der Waals surface area (Å²) < 4.78 is 4.65. The summed E-state index contributed by atoms with van der Waals surface area (Å²) in [4.78, 5) is 25.5. The minimum atomic E-state index is -0.411. The van der Waals surface area contributed by atoms with Gasteiger partial charge in [0, 0.05) is 18.3 Å². The van der Waals surface area contributed by atoms with Crippen LogP contribution in [0.25, 0.3) is 0 Å². The van der Waals surface area contributed by atoms with Gasteiger partial charge in [0.15, 0.2) is 0 Å². The first-order valence-electron chi connectivity index (χ1n) is 4.76. The molecule has 2 N–H and O–H groups in total. The number of fused-ring (bicyclic) bond motifs is 1. The van der Waals surface area contributed by atoms with E-state index >= 15 is 0 Å². The van der Waals surface area contributed by atoms with Gasteiger partial charge in [-0.05, 0) is 18.5 Å². The minimum absolute atomic E-state index is 0. The van der Waals surface area contributed by atoms with Gasteiger partial charge in [0.25, 0.3) is 5.56 Å². The Bertz CT molecular complexity index is 456. The molecule has 0 amide bonds. The van der Waals surface area contributed by atoms with Crippen LogP contribution in [-0.4, -0.2) is 24.6 Å². The van der Waals surface area contributed by atoms with Crippen molar-refractivity contribution in [3.05, 3.63) is 33.2 Å². The highest BCUT2D eigenvalue weighted by Gasteiger charge is 2.20. The zero-order chi connectivity index (χ0) is 10.8. The average Bonchev–Trinajstić information content (AvgIpc) is 2.29. The van der Waals surface area contributed by atoms with Crippen LogP contribution in [0.2, 0.25) is 0 Å². The van der Waals surface area contributed by atoms with Crippen LogP contribution in [0.5, 0.6) is 0 Å². The monoisotopic (exact) mass is 244 g/mol. The quantitative estimate of drug-likeness (QED) is 0.694. The number of methoxy groups -OCH3 is 1. The zero-order valence-corrected chi connectivity index (χ0v) is 9.65. The molecule has 0 saturated carbocycles. The summed E-state index contributed by atoms with van der Waals surface area (Å²) in [6.07, 6.45) is 2.06. The summed E-state index contributed by atoms with van der Waals surface area (Å²) in [5.74, 6) is -0.411. The molecule has 2 heterocycles. The first-order chi connectivity index (χ1) is 7.24. The number of esters is 1. The van der Waals surface area contributed by atoms with Crippen LogP contribution in [0.15, 0.2) is 11.0 Å². The number of nitrogens with one attached hydrogen (secondary N) is 2. The van der Waals surface area contributed by atoms with E-state index in [2.05, 4.69) is 15.0 Å². The average molecular weight is 245 g/mol. The highest BCUT2D eigenvalue weighted by atomic mass is 35.5. The number of pyridine rings is 1. The molecule has 2 rings (SSSR count). The number of ether oxygens (including phenoxy) is 1. The number of aromatic nitrogens is 1. The number of hydrogen-bond acceptors (Lipinski definition) is 4. The van der Waals surface area contributed by atoms with Gasteiger partial charge in [-0.2, -0.15) is 0 Å². The minimum Gasteiger partial charge on any atom is -0.465 e. The number of aromatic amines is 1. The number of halogens is 1. The Morgan fingerprint density at radius 1 is 1.44 bits per heavy atom. The Balaban J connectivity index is 0.00000128. The molecular weight excluding hydrogens is 232 g/mol. The molecule has 0 aliphatic carbocycles. The van der Waals surface area contributed by atoms with E-state index in [1.807, 2.05) is 0 Å². The van der Waals surface area contributed by atoms with E-state index in [0.717, 1.165) is 12.1 Å². The van der Waals surface area contributed by atoms with E-state index in [9.17, 15) is 9.59 Å². The predicted molar refractivity (Wildman–Crippen MR) is 61.1 cm³/mol. The van der Waals surface area contributed by atoms with Crippen molar-refractivity contribution in [1.82, 2.24) is 10.3 Å². The largest absolute Gasteiger partial charge is 0.465 e. The van der Waals surface area contributed by atoms with Crippen molar-refractivity contribution >= 4 is 18.4 Å². The molecular formula is C10H13ClN2O3. The highest BCUT2D eigenvalue weighted by molar-refractivity contribution is 5.91. The zero-order valence-electron chi connectivity index (χ0n) is 8.83. The molecule has 16 heavy (non-hydrogen) atoms. The number of hydrogen-bond donors (Lipinski definition) is 2. The van der Waals surface area contributed by atoms with Crippen LogP contribution in [0.3, 0.4) is 0 Å². The first kappa shape index (κ1) is 12.7. The molecule has 0 unspecified atom stereocenters. The topological polar surface area (TPSA) is 71.2 Å². The van der Waals surface area contributed by atoms with Gasteiger partial charge in [-0.1, -0.05) is 0 Å². The third-order valence-electron chi connectivity index (χ3n) is 2.57. The fourth-order valence-corrected chi connectivity index (χ4v) is 1.80. The van der Waals surface area contributed by atoms with Crippen LogP contribution in [0.1, 0.15) is 21.5 Å². The number of H-pyrrole nitrogens is 1. The molecule has 6 heteroatoms. The lowest BCUT2D eigenvalue weighted by Gasteiger charge is -2.18. The Kier molecular flexibility index (Phi) is 4.09. The molecule has 5 nitrogen and oxygen atoms in total. The molecule has 0 fully saturated rings. The van der Waals surface area contributed by atoms with Crippen LogP contribution < -0.4 is 10.9 Å². The molecule has 1 aromatic heterocycles. The SMILES string of the molecule is COC(=O)c1c[nH]c(=O)c2c1CNCC2.Cl. The van der Waals surface area contributed by atoms with Gasteiger partial charge in [-0.15, -0.1) is 12.4 Å². The number of rotatable bonds is 1. The summed E-state index contributed by atoms with van der Waals surface area (Å²) in [6.45, 7) is 1.31. The lowest BCUT2D eigenvalue weighted by atomic mass is 9.99. The Labute approximate surface area is 98.6 Å². The van der Waals surface area contributed by atoms with Crippen molar-refractivity contribution in [2.45, 2.75) is 13.0 Å². The third kappa shape index (κ3) is 2.10. The van der Waals surface area contributed by atoms with Crippen molar-refractivity contribution in [3.8, 4) is 0 Å². The lowest BCUT2D eigenvalue weighted by molar-refractivity contribution is 0.0598. The van der Waals surface area contributed by atoms with Crippen LogP contribution in [0, 0.1) is 0 Å². The summed E-state index contributed by atoms with van der Waals surface area (Å²) in [5, 5.41) is 3.13. The maximum atomic E-state index is 11.5.